The van der Waals surface area contributed by atoms with E-state index in [4.69, 9.17) is 14.5 Å². The van der Waals surface area contributed by atoms with Crippen molar-refractivity contribution in [3.63, 3.8) is 0 Å². The number of likely N-dealkylation sites (tertiary alicyclic amines) is 1. The Morgan fingerprint density at radius 2 is 2.06 bits per heavy atom. The molecule has 0 saturated carbocycles. The first-order valence-corrected chi connectivity index (χ1v) is 11.0. The maximum atomic E-state index is 14.7. The van der Waals surface area contributed by atoms with Gasteiger partial charge < -0.3 is 24.3 Å². The third-order valence-electron chi connectivity index (χ3n) is 5.43. The molecule has 1 fully saturated rings. The van der Waals surface area contributed by atoms with E-state index in [0.717, 1.165) is 69.5 Å². The largest absolute Gasteiger partial charge is 0.385 e. The number of halogens is 2. The first-order valence-electron chi connectivity index (χ1n) is 11.0. The van der Waals surface area contributed by atoms with Crippen LogP contribution in [0.3, 0.4) is 0 Å². The summed E-state index contributed by atoms with van der Waals surface area (Å²) in [5.41, 5.74) is 1.34. The fraction of sp³-hybridized carbons (Fsp3) is 0.565. The fourth-order valence-corrected chi connectivity index (χ4v) is 3.76. The van der Waals surface area contributed by atoms with Crippen molar-refractivity contribution in [2.75, 3.05) is 40.0 Å². The van der Waals surface area contributed by atoms with Crippen molar-refractivity contribution >= 4 is 29.9 Å². The maximum Gasteiger partial charge on any atom is 0.194 e. The van der Waals surface area contributed by atoms with Crippen molar-refractivity contribution in [3.8, 4) is 5.69 Å². The lowest BCUT2D eigenvalue weighted by Gasteiger charge is -2.34. The van der Waals surface area contributed by atoms with Gasteiger partial charge in [-0.1, -0.05) is 6.07 Å². The summed E-state index contributed by atoms with van der Waals surface area (Å²) in [6, 6.07) is 5.27. The van der Waals surface area contributed by atoms with Crippen LogP contribution < -0.4 is 5.32 Å². The molecular weight excluding hydrogens is 524 g/mol. The van der Waals surface area contributed by atoms with Crippen LogP contribution in [0.15, 0.2) is 35.6 Å². The summed E-state index contributed by atoms with van der Waals surface area (Å²) in [6.45, 7) is 8.40. The number of imidazole rings is 1. The van der Waals surface area contributed by atoms with Gasteiger partial charge in [-0.3, -0.25) is 0 Å². The summed E-state index contributed by atoms with van der Waals surface area (Å²) in [7, 11) is 1.71. The minimum absolute atomic E-state index is 0. The summed E-state index contributed by atoms with van der Waals surface area (Å²) >= 11 is 0. The van der Waals surface area contributed by atoms with Gasteiger partial charge >= 0.3 is 0 Å². The molecule has 0 aliphatic carbocycles. The molecule has 1 aliphatic heterocycles. The predicted octanol–water partition coefficient (Wildman–Crippen LogP) is 3.92. The number of nitrogens with one attached hydrogen (secondary N) is 1. The molecule has 0 atom stereocenters. The highest BCUT2D eigenvalue weighted by Crippen LogP contribution is 2.18. The van der Waals surface area contributed by atoms with Gasteiger partial charge in [0.1, 0.15) is 11.6 Å². The molecule has 2 heterocycles. The number of benzene rings is 1. The van der Waals surface area contributed by atoms with Crippen molar-refractivity contribution in [1.29, 1.82) is 0 Å². The molecule has 3 rings (SSSR count). The number of ether oxygens (including phenoxy) is 2. The molecule has 1 aromatic heterocycles. The number of hydrogen-bond donors (Lipinski definition) is 1. The number of aryl methyl sites for hydroxylation is 1. The Balaban J connectivity index is 0.00000363. The van der Waals surface area contributed by atoms with Gasteiger partial charge in [0.15, 0.2) is 5.96 Å². The summed E-state index contributed by atoms with van der Waals surface area (Å²) in [5.74, 6) is 1.35. The number of rotatable bonds is 9. The number of aromatic nitrogens is 2. The minimum atomic E-state index is -0.273. The van der Waals surface area contributed by atoms with E-state index >= 15 is 0 Å². The van der Waals surface area contributed by atoms with E-state index in [0.29, 0.717) is 18.3 Å². The van der Waals surface area contributed by atoms with Gasteiger partial charge in [-0.05, 0) is 50.8 Å². The van der Waals surface area contributed by atoms with Crippen LogP contribution in [0.25, 0.3) is 5.69 Å². The van der Waals surface area contributed by atoms with Crippen LogP contribution in [0.1, 0.15) is 37.6 Å². The topological polar surface area (TPSA) is 63.9 Å². The summed E-state index contributed by atoms with van der Waals surface area (Å²) in [6.07, 6.45) is 6.61. The molecule has 0 spiro atoms. The summed E-state index contributed by atoms with van der Waals surface area (Å²) in [4.78, 5) is 11.2. The van der Waals surface area contributed by atoms with Gasteiger partial charge in [-0.2, -0.15) is 0 Å². The molecule has 0 amide bonds. The van der Waals surface area contributed by atoms with Gasteiger partial charge in [-0.25, -0.2) is 14.4 Å². The summed E-state index contributed by atoms with van der Waals surface area (Å²) in [5, 5.41) is 3.37. The monoisotopic (exact) mass is 559 g/mol. The molecule has 0 unspecified atom stereocenters. The second-order valence-corrected chi connectivity index (χ2v) is 7.70. The lowest BCUT2D eigenvalue weighted by Crippen LogP contribution is -2.47. The van der Waals surface area contributed by atoms with Crippen molar-refractivity contribution in [3.05, 3.63) is 47.8 Å². The number of aliphatic imine (C=N–C) groups is 1. The smallest absolute Gasteiger partial charge is 0.194 e. The van der Waals surface area contributed by atoms with Crippen LogP contribution in [-0.4, -0.2) is 66.5 Å². The van der Waals surface area contributed by atoms with Gasteiger partial charge in [-0.15, -0.1) is 24.0 Å². The zero-order valence-corrected chi connectivity index (χ0v) is 21.5. The zero-order chi connectivity index (χ0) is 22.1. The van der Waals surface area contributed by atoms with Crippen LogP contribution in [-0.2, 0) is 16.0 Å². The van der Waals surface area contributed by atoms with Gasteiger partial charge in [0, 0.05) is 52.4 Å². The van der Waals surface area contributed by atoms with E-state index in [1.807, 2.05) is 13.0 Å². The van der Waals surface area contributed by atoms with E-state index in [-0.39, 0.29) is 29.8 Å². The number of nitrogens with zero attached hydrogens (tertiary/aromatic N) is 4. The van der Waals surface area contributed by atoms with Crippen molar-refractivity contribution in [2.45, 2.75) is 45.8 Å². The highest BCUT2D eigenvalue weighted by Gasteiger charge is 2.21. The Morgan fingerprint density at radius 1 is 1.28 bits per heavy atom. The standard InChI is InChI=1S/C23H34FN5O2.HI/c1-4-25-23(28-11-8-20(9-12-28)31-15-5-14-30-3)27-17-19-6-7-22(21(24)16-19)29-13-10-26-18(29)2;/h6-7,10,13,16,20H,4-5,8-9,11-12,14-15,17H2,1-3H3,(H,25,27);1H. The third kappa shape index (κ3) is 7.41. The number of piperidine rings is 1. The Bertz CT molecular complexity index is 853. The molecule has 0 bridgehead atoms. The molecule has 0 radical (unpaired) electrons. The van der Waals surface area contributed by atoms with Crippen molar-refractivity contribution < 1.29 is 13.9 Å². The van der Waals surface area contributed by atoms with Gasteiger partial charge in [0.2, 0.25) is 0 Å². The molecule has 1 saturated heterocycles. The maximum absolute atomic E-state index is 14.7. The molecule has 7 nitrogen and oxygen atoms in total. The Labute approximate surface area is 207 Å². The molecule has 1 aromatic carbocycles. The first-order chi connectivity index (χ1) is 15.1. The average molecular weight is 559 g/mol. The molecule has 32 heavy (non-hydrogen) atoms. The molecule has 9 heteroatoms. The SMILES string of the molecule is CCNC(=NCc1ccc(-n2ccnc2C)c(F)c1)N1CCC(OCCCOC)CC1.I. The van der Waals surface area contributed by atoms with Crippen molar-refractivity contribution in [2.24, 2.45) is 4.99 Å². The Hall–Kier alpha value is -1.72. The highest BCUT2D eigenvalue weighted by atomic mass is 127. The third-order valence-corrected chi connectivity index (χ3v) is 5.43. The molecule has 1 N–H and O–H groups in total. The second-order valence-electron chi connectivity index (χ2n) is 7.70. The van der Waals surface area contributed by atoms with Crippen LogP contribution in [0, 0.1) is 12.7 Å². The Morgan fingerprint density at radius 3 is 2.69 bits per heavy atom. The summed E-state index contributed by atoms with van der Waals surface area (Å²) < 4.78 is 27.4. The minimum Gasteiger partial charge on any atom is -0.385 e. The van der Waals surface area contributed by atoms with Crippen LogP contribution in [0.4, 0.5) is 4.39 Å². The number of guanidine groups is 1. The van der Waals surface area contributed by atoms with Gasteiger partial charge in [0.25, 0.3) is 0 Å². The Kier molecular flexibility index (Phi) is 11.4. The van der Waals surface area contributed by atoms with Crippen LogP contribution >= 0.6 is 24.0 Å². The van der Waals surface area contributed by atoms with E-state index in [9.17, 15) is 4.39 Å². The van der Waals surface area contributed by atoms with Crippen molar-refractivity contribution in [1.82, 2.24) is 19.8 Å². The average Bonchev–Trinajstić information content (AvgIpc) is 3.20. The number of methoxy groups -OCH3 is 1. The highest BCUT2D eigenvalue weighted by molar-refractivity contribution is 14.0. The lowest BCUT2D eigenvalue weighted by molar-refractivity contribution is 0.00990. The van der Waals surface area contributed by atoms with E-state index in [2.05, 4.69) is 22.1 Å². The van der Waals surface area contributed by atoms with E-state index in [1.54, 1.807) is 36.2 Å². The van der Waals surface area contributed by atoms with Crippen LogP contribution in [0.2, 0.25) is 0 Å². The van der Waals surface area contributed by atoms with Gasteiger partial charge in [0.05, 0.1) is 18.3 Å². The number of hydrogen-bond acceptors (Lipinski definition) is 4. The predicted molar refractivity (Wildman–Crippen MR) is 136 cm³/mol. The first kappa shape index (κ1) is 26.5. The van der Waals surface area contributed by atoms with Crippen LogP contribution in [0.5, 0.6) is 0 Å². The van der Waals surface area contributed by atoms with E-state index < -0.39 is 0 Å². The second kappa shape index (κ2) is 13.7. The quantitative estimate of drug-likeness (QED) is 0.219. The molecular formula is C23H35FIN5O2. The van der Waals surface area contributed by atoms with E-state index in [1.165, 1.54) is 0 Å². The fourth-order valence-electron chi connectivity index (χ4n) is 3.76. The molecule has 178 valence electrons. The molecule has 2 aromatic rings. The zero-order valence-electron chi connectivity index (χ0n) is 19.2. The molecule has 1 aliphatic rings. The lowest BCUT2D eigenvalue weighted by atomic mass is 10.1. The normalized spacial score (nSPS) is 15.0.